The van der Waals surface area contributed by atoms with Gasteiger partial charge in [-0.25, -0.2) is 0 Å². The minimum atomic E-state index is 0.718. The van der Waals surface area contributed by atoms with E-state index in [0.29, 0.717) is 0 Å². The molecule has 0 aliphatic rings. The van der Waals surface area contributed by atoms with Gasteiger partial charge < -0.3 is 9.80 Å². The van der Waals surface area contributed by atoms with E-state index in [0.717, 1.165) is 31.4 Å². The number of hydrogen-bond donors (Lipinski definition) is 0. The van der Waals surface area contributed by atoms with Gasteiger partial charge in [0, 0.05) is 26.7 Å². The van der Waals surface area contributed by atoms with Crippen molar-refractivity contribution >= 4 is 11.8 Å². The molecule has 17 heavy (non-hydrogen) atoms. The molecule has 0 unspecified atom stereocenters. The molecule has 0 aromatic carbocycles. The van der Waals surface area contributed by atoms with Crippen LogP contribution >= 0.6 is 0 Å². The average Bonchev–Trinajstić information content (AvgIpc) is 2.38. The number of anilines is 2. The Morgan fingerprint density at radius 3 is 2.47 bits per heavy atom. The maximum absolute atomic E-state index is 4.55. The lowest BCUT2D eigenvalue weighted by Gasteiger charge is -2.21. The van der Waals surface area contributed by atoms with Crippen LogP contribution in [0.15, 0.2) is 6.20 Å². The molecule has 0 bridgehead atoms. The second kappa shape index (κ2) is 7.04. The maximum Gasteiger partial charge on any atom is 0.247 e. The van der Waals surface area contributed by atoms with Gasteiger partial charge in [-0.05, 0) is 20.3 Å². The largest absolute Gasteiger partial charge is 0.358 e. The van der Waals surface area contributed by atoms with Gasteiger partial charge in [0.05, 0.1) is 6.20 Å². The van der Waals surface area contributed by atoms with Crippen molar-refractivity contribution < 1.29 is 0 Å². The van der Waals surface area contributed by atoms with Gasteiger partial charge in [-0.1, -0.05) is 13.3 Å². The third-order valence-electron chi connectivity index (χ3n) is 2.82. The predicted molar refractivity (Wildman–Crippen MR) is 71.6 cm³/mol. The van der Waals surface area contributed by atoms with E-state index in [1.54, 1.807) is 6.20 Å². The topological polar surface area (TPSA) is 45.2 Å². The monoisotopic (exact) mass is 237 g/mol. The van der Waals surface area contributed by atoms with E-state index >= 15 is 0 Å². The van der Waals surface area contributed by atoms with Crippen molar-refractivity contribution in [3.05, 3.63) is 6.20 Å². The molecule has 96 valence electrons. The summed E-state index contributed by atoms with van der Waals surface area (Å²) in [5, 5.41) is 8.12. The molecule has 0 aliphatic heterocycles. The smallest absolute Gasteiger partial charge is 0.247 e. The zero-order valence-electron chi connectivity index (χ0n) is 11.3. The van der Waals surface area contributed by atoms with E-state index in [1.807, 2.05) is 7.05 Å². The molecule has 1 heterocycles. The first kappa shape index (κ1) is 13.7. The molecule has 0 fully saturated rings. The molecule has 0 spiro atoms. The van der Waals surface area contributed by atoms with Crippen LogP contribution in [-0.2, 0) is 0 Å². The summed E-state index contributed by atoms with van der Waals surface area (Å²) in [7, 11) is 2.05. The molecule has 5 heteroatoms. The van der Waals surface area contributed by atoms with Gasteiger partial charge in [-0.15, -0.1) is 5.10 Å². The van der Waals surface area contributed by atoms with Crippen molar-refractivity contribution in [2.24, 2.45) is 0 Å². The molecule has 1 aromatic heterocycles. The average molecular weight is 237 g/mol. The Morgan fingerprint density at radius 2 is 1.88 bits per heavy atom. The number of rotatable bonds is 7. The molecular weight excluding hydrogens is 214 g/mol. The minimum absolute atomic E-state index is 0.718. The van der Waals surface area contributed by atoms with Crippen molar-refractivity contribution in [2.75, 3.05) is 36.5 Å². The van der Waals surface area contributed by atoms with Crippen LogP contribution < -0.4 is 9.80 Å². The van der Waals surface area contributed by atoms with Crippen LogP contribution in [-0.4, -0.2) is 41.9 Å². The predicted octanol–water partition coefficient (Wildman–Crippen LogP) is 1.95. The van der Waals surface area contributed by atoms with Gasteiger partial charge >= 0.3 is 0 Å². The van der Waals surface area contributed by atoms with E-state index in [4.69, 9.17) is 0 Å². The molecule has 0 radical (unpaired) electrons. The number of nitrogens with zero attached hydrogens (tertiary/aromatic N) is 5. The molecule has 0 atom stereocenters. The summed E-state index contributed by atoms with van der Waals surface area (Å²) in [5.74, 6) is 1.62. The summed E-state index contributed by atoms with van der Waals surface area (Å²) in [6, 6.07) is 0. The highest BCUT2D eigenvalue weighted by atomic mass is 15.3. The van der Waals surface area contributed by atoms with E-state index in [9.17, 15) is 0 Å². The molecule has 0 saturated heterocycles. The Balaban J connectivity index is 2.77. The number of unbranched alkanes of at least 4 members (excludes halogenated alkanes) is 1. The van der Waals surface area contributed by atoms with Gasteiger partial charge in [0.25, 0.3) is 0 Å². The molecule has 1 aromatic rings. The quantitative estimate of drug-likeness (QED) is 0.725. The lowest BCUT2D eigenvalue weighted by atomic mass is 10.3. The Hall–Kier alpha value is -1.39. The zero-order valence-corrected chi connectivity index (χ0v) is 11.3. The van der Waals surface area contributed by atoms with Crippen LogP contribution in [0.2, 0.25) is 0 Å². The van der Waals surface area contributed by atoms with Crippen molar-refractivity contribution in [2.45, 2.75) is 33.6 Å². The van der Waals surface area contributed by atoms with Gasteiger partial charge in [0.1, 0.15) is 0 Å². The third-order valence-corrected chi connectivity index (χ3v) is 2.82. The van der Waals surface area contributed by atoms with E-state index in [-0.39, 0.29) is 0 Å². The molecule has 0 aliphatic carbocycles. The summed E-state index contributed by atoms with van der Waals surface area (Å²) in [6.45, 7) is 9.20. The second-order valence-electron chi connectivity index (χ2n) is 4.06. The Kier molecular flexibility index (Phi) is 5.66. The molecular formula is C12H23N5. The fraction of sp³-hybridized carbons (Fsp3) is 0.750. The number of hydrogen-bond acceptors (Lipinski definition) is 5. The lowest BCUT2D eigenvalue weighted by Crippen LogP contribution is -2.26. The highest BCUT2D eigenvalue weighted by Crippen LogP contribution is 2.12. The number of aromatic nitrogens is 3. The highest BCUT2D eigenvalue weighted by molar-refractivity contribution is 5.40. The minimum Gasteiger partial charge on any atom is -0.358 e. The van der Waals surface area contributed by atoms with Gasteiger partial charge in [-0.2, -0.15) is 10.1 Å². The second-order valence-corrected chi connectivity index (χ2v) is 4.06. The molecule has 0 saturated carbocycles. The van der Waals surface area contributed by atoms with E-state index < -0.39 is 0 Å². The summed E-state index contributed by atoms with van der Waals surface area (Å²) in [5.41, 5.74) is 0. The van der Waals surface area contributed by atoms with Crippen LogP contribution in [0.25, 0.3) is 0 Å². The van der Waals surface area contributed by atoms with Crippen molar-refractivity contribution in [1.29, 1.82) is 0 Å². The highest BCUT2D eigenvalue weighted by Gasteiger charge is 2.09. The van der Waals surface area contributed by atoms with Crippen LogP contribution in [0.1, 0.15) is 33.6 Å². The Bertz CT molecular complexity index is 324. The summed E-state index contributed by atoms with van der Waals surface area (Å²) in [4.78, 5) is 8.78. The first-order valence-corrected chi connectivity index (χ1v) is 6.38. The van der Waals surface area contributed by atoms with Crippen molar-refractivity contribution in [1.82, 2.24) is 15.2 Å². The van der Waals surface area contributed by atoms with Crippen LogP contribution in [0.5, 0.6) is 0 Å². The Labute approximate surface area is 104 Å². The van der Waals surface area contributed by atoms with Crippen molar-refractivity contribution in [3.8, 4) is 0 Å². The van der Waals surface area contributed by atoms with Gasteiger partial charge in [0.15, 0.2) is 5.82 Å². The fourth-order valence-corrected chi connectivity index (χ4v) is 1.62. The third kappa shape index (κ3) is 3.84. The zero-order chi connectivity index (χ0) is 12.7. The first-order chi connectivity index (χ1) is 8.22. The Morgan fingerprint density at radius 1 is 1.18 bits per heavy atom. The molecule has 0 N–H and O–H groups in total. The van der Waals surface area contributed by atoms with Crippen LogP contribution in [0.4, 0.5) is 11.8 Å². The summed E-state index contributed by atoms with van der Waals surface area (Å²) >= 11 is 0. The van der Waals surface area contributed by atoms with Gasteiger partial charge in [0.2, 0.25) is 5.95 Å². The molecule has 5 nitrogen and oxygen atoms in total. The lowest BCUT2D eigenvalue weighted by molar-refractivity contribution is 0.742. The van der Waals surface area contributed by atoms with Crippen LogP contribution in [0.3, 0.4) is 0 Å². The van der Waals surface area contributed by atoms with Gasteiger partial charge in [-0.3, -0.25) is 0 Å². The first-order valence-electron chi connectivity index (χ1n) is 6.38. The standard InChI is InChI=1S/C12H23N5/c1-5-8-9-16(4)11-10-13-15-12(14-11)17(6-2)7-3/h10H,5-9H2,1-4H3. The van der Waals surface area contributed by atoms with E-state index in [2.05, 4.69) is 45.8 Å². The molecule has 0 amide bonds. The summed E-state index contributed by atoms with van der Waals surface area (Å²) < 4.78 is 0. The fourth-order valence-electron chi connectivity index (χ4n) is 1.62. The normalized spacial score (nSPS) is 10.4. The maximum atomic E-state index is 4.55. The molecule has 1 rings (SSSR count). The van der Waals surface area contributed by atoms with Crippen LogP contribution in [0, 0.1) is 0 Å². The SMILES string of the molecule is CCCCN(C)c1cnnc(N(CC)CC)n1. The van der Waals surface area contributed by atoms with E-state index in [1.165, 1.54) is 12.8 Å². The summed E-state index contributed by atoms with van der Waals surface area (Å²) in [6.07, 6.45) is 4.08. The van der Waals surface area contributed by atoms with Crippen molar-refractivity contribution in [3.63, 3.8) is 0 Å².